The lowest BCUT2D eigenvalue weighted by Crippen LogP contribution is -2.49. The third kappa shape index (κ3) is 5.22. The summed E-state index contributed by atoms with van der Waals surface area (Å²) in [5.74, 6) is 7.24. The molecule has 0 aromatic heterocycles. The van der Waals surface area contributed by atoms with E-state index < -0.39 is 0 Å². The fourth-order valence-electron chi connectivity index (χ4n) is 4.69. The number of carbonyl (C=O) groups excluding carboxylic acids is 1. The standard InChI is InChI=1S/C25H33N5O3/c1-29(15-18-9-12-22-23(14-18)33-16-32-22)21(25(31)30(2)20-5-3-4-6-20)13-17-7-10-19(11-8-17)24(26)28-27/h7-12,14,20-21H,3-6,13,15-16,27H2,1-2H3,(H2,26,28)/t21-/m0/s1. The van der Waals surface area contributed by atoms with E-state index in [1.54, 1.807) is 0 Å². The van der Waals surface area contributed by atoms with Gasteiger partial charge in [-0.3, -0.25) is 9.69 Å². The molecular formula is C25H33N5O3. The Morgan fingerprint density at radius 2 is 1.73 bits per heavy atom. The Morgan fingerprint density at radius 1 is 1.06 bits per heavy atom. The van der Waals surface area contributed by atoms with Crippen LogP contribution < -0.4 is 21.1 Å². The van der Waals surface area contributed by atoms with Crippen molar-refractivity contribution in [3.63, 3.8) is 0 Å². The summed E-state index contributed by atoms with van der Waals surface area (Å²) >= 11 is 0. The monoisotopic (exact) mass is 451 g/mol. The van der Waals surface area contributed by atoms with Gasteiger partial charge in [-0.05, 0) is 49.6 Å². The van der Waals surface area contributed by atoms with Gasteiger partial charge in [0.15, 0.2) is 11.5 Å². The Hall–Kier alpha value is -3.26. The number of fused-ring (bicyclic) bond motifs is 1. The van der Waals surface area contributed by atoms with Crippen LogP contribution in [0, 0.1) is 0 Å². The Morgan fingerprint density at radius 3 is 2.42 bits per heavy atom. The van der Waals surface area contributed by atoms with E-state index in [1.807, 2.05) is 61.5 Å². The van der Waals surface area contributed by atoms with Crippen LogP contribution in [0.2, 0.25) is 0 Å². The largest absolute Gasteiger partial charge is 0.454 e. The number of likely N-dealkylation sites (N-methyl/N-ethyl adjacent to an activating group) is 2. The maximum Gasteiger partial charge on any atom is 0.240 e. The topological polar surface area (TPSA) is 106 Å². The highest BCUT2D eigenvalue weighted by Crippen LogP contribution is 2.33. The van der Waals surface area contributed by atoms with Crippen LogP contribution in [0.25, 0.3) is 0 Å². The number of rotatable bonds is 8. The zero-order valence-electron chi connectivity index (χ0n) is 19.4. The minimum absolute atomic E-state index is 0.150. The lowest BCUT2D eigenvalue weighted by molar-refractivity contribution is -0.137. The smallest absolute Gasteiger partial charge is 0.240 e. The SMILES string of the molecule is CN(C(=O)[C@H](Cc1ccc(/C(N)=N/N)cc1)N(C)Cc1ccc2c(c1)OCO2)C1CCCC1. The second-order valence-electron chi connectivity index (χ2n) is 8.92. The van der Waals surface area contributed by atoms with Crippen molar-refractivity contribution in [3.05, 3.63) is 59.2 Å². The fraction of sp³-hybridized carbons (Fsp3) is 0.440. The summed E-state index contributed by atoms with van der Waals surface area (Å²) in [4.78, 5) is 17.7. The van der Waals surface area contributed by atoms with Gasteiger partial charge in [0, 0.05) is 25.2 Å². The van der Waals surface area contributed by atoms with E-state index in [2.05, 4.69) is 10.0 Å². The van der Waals surface area contributed by atoms with Crippen LogP contribution >= 0.6 is 0 Å². The maximum atomic E-state index is 13.7. The van der Waals surface area contributed by atoms with Crippen molar-refractivity contribution < 1.29 is 14.3 Å². The molecule has 1 heterocycles. The van der Waals surface area contributed by atoms with Crippen molar-refractivity contribution in [2.24, 2.45) is 16.7 Å². The summed E-state index contributed by atoms with van der Waals surface area (Å²) in [6.45, 7) is 0.869. The number of hydrogen-bond donors (Lipinski definition) is 2. The summed E-state index contributed by atoms with van der Waals surface area (Å²) in [6.07, 6.45) is 5.12. The van der Waals surface area contributed by atoms with Crippen LogP contribution in [-0.4, -0.2) is 54.5 Å². The molecule has 1 fully saturated rings. The van der Waals surface area contributed by atoms with Crippen molar-refractivity contribution in [2.75, 3.05) is 20.9 Å². The number of nitrogens with two attached hydrogens (primary N) is 2. The molecule has 1 saturated carbocycles. The van der Waals surface area contributed by atoms with Crippen molar-refractivity contribution in [1.29, 1.82) is 0 Å². The number of benzene rings is 2. The van der Waals surface area contributed by atoms with Gasteiger partial charge >= 0.3 is 0 Å². The molecule has 0 spiro atoms. The van der Waals surface area contributed by atoms with Crippen LogP contribution in [0.4, 0.5) is 0 Å². The third-order valence-electron chi connectivity index (χ3n) is 6.72. The van der Waals surface area contributed by atoms with Crippen molar-refractivity contribution in [1.82, 2.24) is 9.80 Å². The minimum atomic E-state index is -0.299. The maximum absolute atomic E-state index is 13.7. The minimum Gasteiger partial charge on any atom is -0.454 e. The predicted octanol–water partition coefficient (Wildman–Crippen LogP) is 2.44. The van der Waals surface area contributed by atoms with Crippen LogP contribution in [0.1, 0.15) is 42.4 Å². The first-order valence-electron chi connectivity index (χ1n) is 11.4. The molecule has 8 heteroatoms. The molecule has 0 radical (unpaired) electrons. The number of amidine groups is 1. The third-order valence-corrected chi connectivity index (χ3v) is 6.72. The fourth-order valence-corrected chi connectivity index (χ4v) is 4.69. The van der Waals surface area contributed by atoms with Gasteiger partial charge in [-0.1, -0.05) is 43.2 Å². The summed E-state index contributed by atoms with van der Waals surface area (Å²) in [6, 6.07) is 13.7. The zero-order chi connectivity index (χ0) is 23.4. The molecular weight excluding hydrogens is 418 g/mol. The molecule has 33 heavy (non-hydrogen) atoms. The molecule has 0 saturated heterocycles. The molecule has 2 aliphatic rings. The molecule has 0 unspecified atom stereocenters. The van der Waals surface area contributed by atoms with E-state index in [-0.39, 0.29) is 24.6 Å². The summed E-state index contributed by atoms with van der Waals surface area (Å²) in [5.41, 5.74) is 8.71. The van der Waals surface area contributed by atoms with E-state index >= 15 is 0 Å². The zero-order valence-corrected chi connectivity index (χ0v) is 19.4. The first-order chi connectivity index (χ1) is 16.0. The molecule has 4 N–H and O–H groups in total. The molecule has 8 nitrogen and oxygen atoms in total. The molecule has 1 aliphatic carbocycles. The number of nitrogens with zero attached hydrogens (tertiary/aromatic N) is 3. The number of hydrazone groups is 1. The van der Waals surface area contributed by atoms with Crippen LogP contribution in [-0.2, 0) is 17.8 Å². The second-order valence-corrected chi connectivity index (χ2v) is 8.92. The Bertz CT molecular complexity index is 1000. The molecule has 1 aliphatic heterocycles. The van der Waals surface area contributed by atoms with E-state index in [9.17, 15) is 4.79 Å². The molecule has 0 bridgehead atoms. The number of ether oxygens (including phenoxy) is 2. The van der Waals surface area contributed by atoms with Gasteiger partial charge in [-0.2, -0.15) is 5.10 Å². The molecule has 2 aromatic rings. The average Bonchev–Trinajstić information content (AvgIpc) is 3.53. The van der Waals surface area contributed by atoms with Gasteiger partial charge < -0.3 is 25.9 Å². The molecule has 1 amide bonds. The van der Waals surface area contributed by atoms with Crippen LogP contribution in [0.5, 0.6) is 11.5 Å². The molecule has 1 atom stereocenters. The Balaban J connectivity index is 1.54. The van der Waals surface area contributed by atoms with E-state index in [0.717, 1.165) is 41.0 Å². The highest BCUT2D eigenvalue weighted by atomic mass is 16.7. The van der Waals surface area contributed by atoms with Crippen molar-refractivity contribution in [2.45, 2.75) is 50.7 Å². The second kappa shape index (κ2) is 10.1. The first kappa shape index (κ1) is 22.9. The van der Waals surface area contributed by atoms with Gasteiger partial charge in [0.2, 0.25) is 12.7 Å². The lowest BCUT2D eigenvalue weighted by Gasteiger charge is -2.34. The van der Waals surface area contributed by atoms with E-state index in [1.165, 1.54) is 12.8 Å². The average molecular weight is 452 g/mol. The Labute approximate surface area is 195 Å². The highest BCUT2D eigenvalue weighted by Gasteiger charge is 2.31. The lowest BCUT2D eigenvalue weighted by atomic mass is 10.0. The van der Waals surface area contributed by atoms with E-state index in [0.29, 0.717) is 19.0 Å². The van der Waals surface area contributed by atoms with Gasteiger partial charge in [0.05, 0.1) is 6.04 Å². The summed E-state index contributed by atoms with van der Waals surface area (Å²) in [5, 5.41) is 3.55. The van der Waals surface area contributed by atoms with Crippen molar-refractivity contribution in [3.8, 4) is 11.5 Å². The summed E-state index contributed by atoms with van der Waals surface area (Å²) < 4.78 is 10.9. The number of hydrogen-bond acceptors (Lipinski definition) is 6. The number of amides is 1. The first-order valence-corrected chi connectivity index (χ1v) is 11.4. The molecule has 2 aromatic carbocycles. The van der Waals surface area contributed by atoms with E-state index in [4.69, 9.17) is 21.1 Å². The van der Waals surface area contributed by atoms with Gasteiger partial charge in [0.25, 0.3) is 0 Å². The quantitative estimate of drug-likeness (QED) is 0.276. The number of carbonyl (C=O) groups is 1. The molecule has 176 valence electrons. The van der Waals surface area contributed by atoms with Crippen molar-refractivity contribution >= 4 is 11.7 Å². The Kier molecular flexibility index (Phi) is 7.03. The van der Waals surface area contributed by atoms with Crippen LogP contribution in [0.3, 0.4) is 0 Å². The predicted molar refractivity (Wildman–Crippen MR) is 128 cm³/mol. The summed E-state index contributed by atoms with van der Waals surface area (Å²) in [7, 11) is 3.95. The van der Waals surface area contributed by atoms with Gasteiger partial charge in [-0.15, -0.1) is 0 Å². The molecule has 4 rings (SSSR count). The van der Waals surface area contributed by atoms with Gasteiger partial charge in [-0.25, -0.2) is 0 Å². The van der Waals surface area contributed by atoms with Crippen LogP contribution in [0.15, 0.2) is 47.6 Å². The normalized spacial score (nSPS) is 16.9. The highest BCUT2D eigenvalue weighted by molar-refractivity contribution is 5.97. The van der Waals surface area contributed by atoms with Gasteiger partial charge in [0.1, 0.15) is 5.84 Å².